The number of rotatable bonds is 3. The van der Waals surface area contributed by atoms with Crippen molar-refractivity contribution in [3.05, 3.63) is 58.3 Å². The number of aliphatic hydroxyl groups is 1. The van der Waals surface area contributed by atoms with Gasteiger partial charge in [-0.3, -0.25) is 4.90 Å². The molecule has 0 amide bonds. The summed E-state index contributed by atoms with van der Waals surface area (Å²) in [5, 5.41) is 24.7. The van der Waals surface area contributed by atoms with Gasteiger partial charge in [0.15, 0.2) is 17.6 Å². The van der Waals surface area contributed by atoms with E-state index in [4.69, 9.17) is 22.7 Å². The van der Waals surface area contributed by atoms with Gasteiger partial charge in [0, 0.05) is 41.0 Å². The predicted octanol–water partition coefficient (Wildman–Crippen LogP) is 3.21. The summed E-state index contributed by atoms with van der Waals surface area (Å²) in [6, 6.07) is 9.83. The van der Waals surface area contributed by atoms with E-state index in [1.54, 1.807) is 6.07 Å². The van der Waals surface area contributed by atoms with Crippen LogP contribution in [0.25, 0.3) is 10.9 Å². The Morgan fingerprint density at radius 3 is 2.91 bits per heavy atom. The van der Waals surface area contributed by atoms with Crippen molar-refractivity contribution in [3.63, 3.8) is 0 Å². The van der Waals surface area contributed by atoms with Gasteiger partial charge < -0.3 is 25.7 Å². The van der Waals surface area contributed by atoms with E-state index >= 15 is 0 Å². The molecule has 6 nitrogen and oxygen atoms in total. The quantitative estimate of drug-likeness (QED) is 0.437. The molecule has 3 aromatic rings. The van der Waals surface area contributed by atoms with Crippen molar-refractivity contribution in [2.45, 2.75) is 55.3 Å². The van der Waals surface area contributed by atoms with E-state index < -0.39 is 11.0 Å². The summed E-state index contributed by atoms with van der Waals surface area (Å²) >= 11 is 5.25. The highest BCUT2D eigenvalue weighted by Crippen LogP contribution is 2.69. The molecule has 0 radical (unpaired) electrons. The summed E-state index contributed by atoms with van der Waals surface area (Å²) in [4.78, 5) is 6.54. The fourth-order valence-electron chi connectivity index (χ4n) is 7.77. The van der Waals surface area contributed by atoms with Crippen molar-refractivity contribution in [2.24, 2.45) is 11.7 Å². The molecule has 2 aromatic carbocycles. The number of nitrogens with two attached hydrogens (primary N) is 1. The summed E-state index contributed by atoms with van der Waals surface area (Å²) in [6.45, 7) is 2.00. The molecule has 4 atom stereocenters. The fourth-order valence-corrected chi connectivity index (χ4v) is 7.90. The molecule has 2 bridgehead atoms. The smallest absolute Gasteiger partial charge is 0.166 e. The maximum Gasteiger partial charge on any atom is 0.166 e. The minimum Gasteiger partial charge on any atom is -0.504 e. The first kappa shape index (κ1) is 19.7. The molecule has 174 valence electrons. The van der Waals surface area contributed by atoms with Crippen LogP contribution >= 0.6 is 12.2 Å². The summed E-state index contributed by atoms with van der Waals surface area (Å²) in [7, 11) is 0. The number of hydrogen-bond acceptors (Lipinski definition) is 5. The second kappa shape index (κ2) is 6.14. The molecule has 5 N–H and O–H groups in total. The zero-order chi connectivity index (χ0) is 23.0. The largest absolute Gasteiger partial charge is 0.504 e. The SMILES string of the molecule is NC(=S)c1ccc2[nH]c3c(c2c1)C[C@@]1(O)[C@H]2Cc4ccc(O)c5c4[C@@]1(CCN2CC1CC1)[C@H]3O5. The summed E-state index contributed by atoms with van der Waals surface area (Å²) in [5.41, 5.74) is 10.6. The lowest BCUT2D eigenvalue weighted by molar-refractivity contribution is -0.173. The molecule has 0 unspecified atom stereocenters. The fraction of sp³-hybridized carbons (Fsp3) is 0.444. The third-order valence-corrected chi connectivity index (χ3v) is 9.68. The molecule has 2 fully saturated rings. The number of fused-ring (bicyclic) bond motifs is 4. The Balaban J connectivity index is 1.40. The number of aromatic nitrogens is 1. The van der Waals surface area contributed by atoms with Crippen LogP contribution in [0.5, 0.6) is 11.5 Å². The highest BCUT2D eigenvalue weighted by molar-refractivity contribution is 7.80. The first-order valence-corrected chi connectivity index (χ1v) is 12.7. The average Bonchev–Trinajstić information content (AvgIpc) is 3.45. The van der Waals surface area contributed by atoms with Gasteiger partial charge in [0.2, 0.25) is 0 Å². The van der Waals surface area contributed by atoms with Crippen molar-refractivity contribution >= 4 is 28.1 Å². The van der Waals surface area contributed by atoms with Gasteiger partial charge in [0.1, 0.15) is 4.99 Å². The van der Waals surface area contributed by atoms with Crippen LogP contribution in [0.2, 0.25) is 0 Å². The van der Waals surface area contributed by atoms with E-state index in [2.05, 4.69) is 9.88 Å². The monoisotopic (exact) mass is 473 g/mol. The molecule has 1 saturated carbocycles. The van der Waals surface area contributed by atoms with Crippen LogP contribution in [0.15, 0.2) is 30.3 Å². The molecule has 7 heteroatoms. The van der Waals surface area contributed by atoms with Gasteiger partial charge in [0.05, 0.1) is 16.7 Å². The zero-order valence-electron chi connectivity index (χ0n) is 18.8. The molecular weight excluding hydrogens is 446 g/mol. The normalized spacial score (nSPS) is 32.9. The lowest BCUT2D eigenvalue weighted by Crippen LogP contribution is -2.74. The number of hydrogen-bond donors (Lipinski definition) is 4. The predicted molar refractivity (Wildman–Crippen MR) is 132 cm³/mol. The first-order chi connectivity index (χ1) is 16.4. The third kappa shape index (κ3) is 2.17. The number of nitrogens with zero attached hydrogens (tertiary/aromatic N) is 1. The Morgan fingerprint density at radius 1 is 1.26 bits per heavy atom. The number of ether oxygens (including phenoxy) is 1. The van der Waals surface area contributed by atoms with Crippen molar-refractivity contribution in [1.29, 1.82) is 0 Å². The van der Waals surface area contributed by atoms with Crippen LogP contribution < -0.4 is 10.5 Å². The Labute approximate surface area is 202 Å². The molecule has 1 spiro atoms. The molecule has 2 aliphatic heterocycles. The van der Waals surface area contributed by atoms with E-state index in [-0.39, 0.29) is 17.9 Å². The molecule has 1 aromatic heterocycles. The Hall–Kier alpha value is -2.61. The Bertz CT molecular complexity index is 1430. The van der Waals surface area contributed by atoms with Gasteiger partial charge in [-0.15, -0.1) is 0 Å². The number of aromatic hydroxyl groups is 1. The number of nitrogens with one attached hydrogen (secondary N) is 1. The van der Waals surface area contributed by atoms with E-state index in [1.807, 2.05) is 24.3 Å². The summed E-state index contributed by atoms with van der Waals surface area (Å²) in [6.07, 6.45) is 4.36. The summed E-state index contributed by atoms with van der Waals surface area (Å²) in [5.74, 6) is 1.48. The Morgan fingerprint density at radius 2 is 2.12 bits per heavy atom. The zero-order valence-corrected chi connectivity index (χ0v) is 19.6. The van der Waals surface area contributed by atoms with Crippen molar-refractivity contribution in [1.82, 2.24) is 9.88 Å². The topological polar surface area (TPSA) is 94.7 Å². The minimum atomic E-state index is -0.988. The molecule has 3 aliphatic carbocycles. The number of thiocarbonyl (C=S) groups is 1. The molecule has 1 saturated heterocycles. The number of benzene rings is 2. The van der Waals surface area contributed by atoms with Crippen LogP contribution in [-0.4, -0.2) is 49.8 Å². The van der Waals surface area contributed by atoms with Crippen LogP contribution in [0.4, 0.5) is 0 Å². The van der Waals surface area contributed by atoms with E-state index in [0.717, 1.165) is 65.1 Å². The second-order valence-electron chi connectivity index (χ2n) is 11.1. The van der Waals surface area contributed by atoms with Gasteiger partial charge in [-0.25, -0.2) is 0 Å². The molecular formula is C27H27N3O3S. The van der Waals surface area contributed by atoms with Gasteiger partial charge in [0.25, 0.3) is 0 Å². The van der Waals surface area contributed by atoms with E-state index in [1.165, 1.54) is 18.4 Å². The summed E-state index contributed by atoms with van der Waals surface area (Å²) < 4.78 is 6.63. The Kier molecular flexibility index (Phi) is 3.55. The molecule has 3 heterocycles. The highest BCUT2D eigenvalue weighted by atomic mass is 32.1. The van der Waals surface area contributed by atoms with Crippen LogP contribution in [0.1, 0.15) is 53.3 Å². The minimum absolute atomic E-state index is 0.0211. The van der Waals surface area contributed by atoms with Crippen LogP contribution in [-0.2, 0) is 18.3 Å². The van der Waals surface area contributed by atoms with Gasteiger partial charge in [-0.1, -0.05) is 18.3 Å². The lowest BCUT2D eigenvalue weighted by Gasteiger charge is -2.62. The van der Waals surface area contributed by atoms with Gasteiger partial charge in [-0.2, -0.15) is 0 Å². The van der Waals surface area contributed by atoms with Crippen molar-refractivity contribution in [2.75, 3.05) is 13.1 Å². The van der Waals surface area contributed by atoms with E-state index in [0.29, 0.717) is 17.2 Å². The van der Waals surface area contributed by atoms with Crippen molar-refractivity contribution in [3.8, 4) is 11.5 Å². The number of H-pyrrole nitrogens is 1. The van der Waals surface area contributed by atoms with E-state index in [9.17, 15) is 10.2 Å². The number of piperidine rings is 1. The average molecular weight is 474 g/mol. The lowest BCUT2D eigenvalue weighted by atomic mass is 9.49. The number of phenolic OH excluding ortho intramolecular Hbond substituents is 1. The molecule has 5 aliphatic rings. The molecule has 8 rings (SSSR count). The second-order valence-corrected chi connectivity index (χ2v) is 11.5. The third-order valence-electron chi connectivity index (χ3n) is 9.45. The van der Waals surface area contributed by atoms with Gasteiger partial charge >= 0.3 is 0 Å². The highest BCUT2D eigenvalue weighted by Gasteiger charge is 2.72. The number of likely N-dealkylation sites (tertiary alicyclic amines) is 1. The van der Waals surface area contributed by atoms with Crippen LogP contribution in [0, 0.1) is 5.92 Å². The molecule has 34 heavy (non-hydrogen) atoms. The maximum absolute atomic E-state index is 12.8. The maximum atomic E-state index is 12.8. The first-order valence-electron chi connectivity index (χ1n) is 12.3. The number of phenols is 1. The standard InChI is InChI=1S/C27H27N3O3S/c28-25(34)15-3-5-18-16(9-15)17-11-27(32)20-10-14-4-6-19(31)23-21(14)26(27,24(33-23)22(17)29-18)7-8-30(20)12-13-1-2-13/h3-6,9,13,20,24,29,31-32H,1-2,7-8,10-12H2,(H2,28,34)/t20-,24+,26+,27-/m1/s1. The van der Waals surface area contributed by atoms with Crippen LogP contribution in [0.3, 0.4) is 0 Å². The van der Waals surface area contributed by atoms with Gasteiger partial charge in [-0.05, 0) is 73.5 Å². The van der Waals surface area contributed by atoms with Crippen molar-refractivity contribution < 1.29 is 14.9 Å². The number of aromatic amines is 1.